The summed E-state index contributed by atoms with van der Waals surface area (Å²) in [4.78, 5) is 17.3. The summed E-state index contributed by atoms with van der Waals surface area (Å²) in [6.45, 7) is 2.42. The molecule has 0 bridgehead atoms. The first-order valence-electron chi connectivity index (χ1n) is 6.49. The van der Waals surface area contributed by atoms with E-state index in [4.69, 9.17) is 16.3 Å². The van der Waals surface area contributed by atoms with Crippen molar-refractivity contribution in [3.63, 3.8) is 0 Å². The van der Waals surface area contributed by atoms with Gasteiger partial charge in [-0.1, -0.05) is 6.07 Å². The van der Waals surface area contributed by atoms with E-state index < -0.39 is 0 Å². The molecular formula is C14H14ClN5O. The Labute approximate surface area is 126 Å². The van der Waals surface area contributed by atoms with Crippen LogP contribution in [0.25, 0.3) is 11.2 Å². The summed E-state index contributed by atoms with van der Waals surface area (Å²) < 4.78 is 7.18. The maximum Gasteiger partial charge on any atom is 0.245 e. The summed E-state index contributed by atoms with van der Waals surface area (Å²) in [5, 5.41) is -0.257. The summed E-state index contributed by atoms with van der Waals surface area (Å²) in [7, 11) is 1.56. The van der Waals surface area contributed by atoms with Crippen LogP contribution in [0, 0.1) is 0 Å². The monoisotopic (exact) mass is 303 g/mol. The molecule has 21 heavy (non-hydrogen) atoms. The van der Waals surface area contributed by atoms with Crippen molar-refractivity contribution in [2.24, 2.45) is 0 Å². The van der Waals surface area contributed by atoms with Gasteiger partial charge in [0.05, 0.1) is 24.7 Å². The molecule has 0 saturated heterocycles. The van der Waals surface area contributed by atoms with Crippen LogP contribution < -0.4 is 4.74 Å². The predicted octanol–water partition coefficient (Wildman–Crippen LogP) is 2.58. The first-order valence-corrected chi connectivity index (χ1v) is 6.93. The summed E-state index contributed by atoms with van der Waals surface area (Å²) in [5.41, 5.74) is 2.21. The van der Waals surface area contributed by atoms with Gasteiger partial charge in [-0.05, 0) is 19.1 Å². The molecule has 0 spiro atoms. The smallest absolute Gasteiger partial charge is 0.245 e. The summed E-state index contributed by atoms with van der Waals surface area (Å²) in [6.07, 6.45) is 3.22. The SMILES string of the molecule is COc1ncnc2c1nc(C(C)Cl)n2Cc1ccccn1. The zero-order chi connectivity index (χ0) is 14.8. The number of pyridine rings is 1. The number of rotatable bonds is 4. The van der Waals surface area contributed by atoms with Gasteiger partial charge in [0.2, 0.25) is 5.88 Å². The van der Waals surface area contributed by atoms with Crippen molar-refractivity contribution < 1.29 is 4.74 Å². The van der Waals surface area contributed by atoms with Gasteiger partial charge < -0.3 is 9.30 Å². The molecule has 7 heteroatoms. The maximum absolute atomic E-state index is 6.25. The molecule has 3 aromatic rings. The Hall–Kier alpha value is -2.21. The van der Waals surface area contributed by atoms with Crippen molar-refractivity contribution in [1.82, 2.24) is 24.5 Å². The van der Waals surface area contributed by atoms with Crippen molar-refractivity contribution in [2.45, 2.75) is 18.8 Å². The van der Waals surface area contributed by atoms with E-state index in [9.17, 15) is 0 Å². The van der Waals surface area contributed by atoms with Crippen LogP contribution >= 0.6 is 11.6 Å². The summed E-state index contributed by atoms with van der Waals surface area (Å²) >= 11 is 6.25. The fourth-order valence-electron chi connectivity index (χ4n) is 2.20. The lowest BCUT2D eigenvalue weighted by Crippen LogP contribution is -2.07. The molecule has 3 heterocycles. The molecule has 0 saturated carbocycles. The van der Waals surface area contributed by atoms with Crippen molar-refractivity contribution in [3.05, 3.63) is 42.2 Å². The Balaban J connectivity index is 2.17. The van der Waals surface area contributed by atoms with Crippen LogP contribution in [0.15, 0.2) is 30.7 Å². The highest BCUT2D eigenvalue weighted by Gasteiger charge is 2.19. The highest BCUT2D eigenvalue weighted by atomic mass is 35.5. The van der Waals surface area contributed by atoms with Crippen molar-refractivity contribution in [2.75, 3.05) is 7.11 Å². The second-order valence-corrected chi connectivity index (χ2v) is 5.20. The number of ether oxygens (including phenoxy) is 1. The number of fused-ring (bicyclic) bond motifs is 1. The van der Waals surface area contributed by atoms with Gasteiger partial charge >= 0.3 is 0 Å². The van der Waals surface area contributed by atoms with Crippen LogP contribution in [0.5, 0.6) is 5.88 Å². The van der Waals surface area contributed by atoms with Gasteiger partial charge in [-0.15, -0.1) is 11.6 Å². The number of hydrogen-bond acceptors (Lipinski definition) is 5. The number of hydrogen-bond donors (Lipinski definition) is 0. The number of halogens is 1. The minimum absolute atomic E-state index is 0.257. The molecule has 1 atom stereocenters. The zero-order valence-corrected chi connectivity index (χ0v) is 12.4. The molecule has 0 aromatic carbocycles. The van der Waals surface area contributed by atoms with Gasteiger partial charge in [0.1, 0.15) is 12.2 Å². The van der Waals surface area contributed by atoms with Crippen LogP contribution in [0.1, 0.15) is 23.8 Å². The lowest BCUT2D eigenvalue weighted by atomic mass is 10.3. The number of methoxy groups -OCH3 is 1. The van der Waals surface area contributed by atoms with E-state index in [1.165, 1.54) is 6.33 Å². The largest absolute Gasteiger partial charge is 0.479 e. The highest BCUT2D eigenvalue weighted by Crippen LogP contribution is 2.27. The average molecular weight is 304 g/mol. The first-order chi connectivity index (χ1) is 10.2. The van der Waals surface area contributed by atoms with Gasteiger partial charge in [0, 0.05) is 6.20 Å². The van der Waals surface area contributed by atoms with Crippen molar-refractivity contribution >= 4 is 22.8 Å². The van der Waals surface area contributed by atoms with Gasteiger partial charge in [0.15, 0.2) is 11.2 Å². The molecule has 3 aromatic heterocycles. The molecule has 1 unspecified atom stereocenters. The second-order valence-electron chi connectivity index (χ2n) is 4.55. The Morgan fingerprint density at radius 3 is 2.81 bits per heavy atom. The van der Waals surface area contributed by atoms with Gasteiger partial charge in [0.25, 0.3) is 0 Å². The molecule has 0 fully saturated rings. The van der Waals surface area contributed by atoms with Crippen LogP contribution in [-0.2, 0) is 6.54 Å². The van der Waals surface area contributed by atoms with Crippen molar-refractivity contribution in [1.29, 1.82) is 0 Å². The van der Waals surface area contributed by atoms with Crippen LogP contribution in [-0.4, -0.2) is 31.6 Å². The Morgan fingerprint density at radius 2 is 2.14 bits per heavy atom. The van der Waals surface area contributed by atoms with Crippen LogP contribution in [0.3, 0.4) is 0 Å². The van der Waals surface area contributed by atoms with Gasteiger partial charge in [-0.3, -0.25) is 4.98 Å². The van der Waals surface area contributed by atoms with Crippen LogP contribution in [0.4, 0.5) is 0 Å². The van der Waals surface area contributed by atoms with E-state index >= 15 is 0 Å². The minimum atomic E-state index is -0.257. The lowest BCUT2D eigenvalue weighted by Gasteiger charge is -2.09. The van der Waals surface area contributed by atoms with Crippen molar-refractivity contribution in [3.8, 4) is 5.88 Å². The van der Waals surface area contributed by atoms with E-state index in [0.717, 1.165) is 11.5 Å². The second kappa shape index (κ2) is 5.65. The van der Waals surface area contributed by atoms with E-state index in [2.05, 4.69) is 19.9 Å². The third kappa shape index (κ3) is 2.54. The van der Waals surface area contributed by atoms with E-state index in [-0.39, 0.29) is 5.38 Å². The molecule has 3 rings (SSSR count). The normalized spacial score (nSPS) is 12.5. The molecule has 0 amide bonds. The molecule has 0 N–H and O–H groups in total. The fourth-order valence-corrected chi connectivity index (χ4v) is 2.36. The number of aromatic nitrogens is 5. The molecule has 0 radical (unpaired) electrons. The number of imidazole rings is 1. The topological polar surface area (TPSA) is 65.7 Å². The summed E-state index contributed by atoms with van der Waals surface area (Å²) in [6, 6.07) is 5.78. The maximum atomic E-state index is 6.25. The zero-order valence-electron chi connectivity index (χ0n) is 11.7. The number of nitrogens with zero attached hydrogens (tertiary/aromatic N) is 5. The van der Waals surface area contributed by atoms with E-state index in [1.807, 2.05) is 29.7 Å². The average Bonchev–Trinajstić information content (AvgIpc) is 2.87. The third-order valence-electron chi connectivity index (χ3n) is 3.12. The molecule has 6 nitrogen and oxygen atoms in total. The molecule has 0 aliphatic carbocycles. The Morgan fingerprint density at radius 1 is 1.29 bits per heavy atom. The highest BCUT2D eigenvalue weighted by molar-refractivity contribution is 6.20. The predicted molar refractivity (Wildman–Crippen MR) is 79.5 cm³/mol. The van der Waals surface area contributed by atoms with Gasteiger partial charge in [-0.25, -0.2) is 9.97 Å². The summed E-state index contributed by atoms with van der Waals surface area (Å²) in [5.74, 6) is 1.16. The van der Waals surface area contributed by atoms with E-state index in [1.54, 1.807) is 13.3 Å². The minimum Gasteiger partial charge on any atom is -0.479 e. The fraction of sp³-hybridized carbons (Fsp3) is 0.286. The van der Waals surface area contributed by atoms with Crippen LogP contribution in [0.2, 0.25) is 0 Å². The quantitative estimate of drug-likeness (QED) is 0.693. The van der Waals surface area contributed by atoms with Gasteiger partial charge in [-0.2, -0.15) is 4.98 Å². The Bertz CT molecular complexity index is 757. The molecule has 108 valence electrons. The molecule has 0 aliphatic rings. The molecular weight excluding hydrogens is 290 g/mol. The first kappa shape index (κ1) is 13.8. The number of alkyl halides is 1. The van der Waals surface area contributed by atoms with E-state index in [0.29, 0.717) is 23.6 Å². The molecule has 0 aliphatic heterocycles. The Kier molecular flexibility index (Phi) is 3.70. The standard InChI is InChI=1S/C14H14ClN5O/c1-9(15)12-19-11-13(17-8-18-14(11)21-2)20(12)7-10-5-3-4-6-16-10/h3-6,8-9H,7H2,1-2H3. The third-order valence-corrected chi connectivity index (χ3v) is 3.32. The lowest BCUT2D eigenvalue weighted by molar-refractivity contribution is 0.401.